The van der Waals surface area contributed by atoms with Gasteiger partial charge in [0.05, 0.1) is 22.4 Å². The van der Waals surface area contributed by atoms with Crippen LogP contribution >= 0.6 is 11.3 Å². The maximum absolute atomic E-state index is 13.3. The maximum atomic E-state index is 13.3. The van der Waals surface area contributed by atoms with Gasteiger partial charge in [-0.05, 0) is 42.5 Å². The molecular weight excluding hydrogens is 443 g/mol. The second-order valence-electron chi connectivity index (χ2n) is 7.01. The van der Waals surface area contributed by atoms with E-state index in [2.05, 4.69) is 10.1 Å². The molecule has 0 aliphatic rings. The van der Waals surface area contributed by atoms with Crippen molar-refractivity contribution in [3.05, 3.63) is 111 Å². The van der Waals surface area contributed by atoms with E-state index in [1.165, 1.54) is 35.8 Å². The molecule has 7 nitrogen and oxygen atoms in total. The van der Waals surface area contributed by atoms with E-state index in [4.69, 9.17) is 4.42 Å². The molecular formula is C24H15FN4O3S. The van der Waals surface area contributed by atoms with Crippen LogP contribution in [0, 0.1) is 15.9 Å². The van der Waals surface area contributed by atoms with Gasteiger partial charge in [0.1, 0.15) is 17.1 Å². The van der Waals surface area contributed by atoms with Gasteiger partial charge in [0.25, 0.3) is 5.69 Å². The summed E-state index contributed by atoms with van der Waals surface area (Å²) in [6.45, 7) is 0. The number of nitrogens with zero attached hydrogens (tertiary/aromatic N) is 4. The highest BCUT2D eigenvalue weighted by molar-refractivity contribution is 7.07. The molecule has 5 rings (SSSR count). The molecule has 0 amide bonds. The highest BCUT2D eigenvalue weighted by Crippen LogP contribution is 2.28. The van der Waals surface area contributed by atoms with Crippen molar-refractivity contribution in [3.63, 3.8) is 0 Å². The monoisotopic (exact) mass is 458 g/mol. The van der Waals surface area contributed by atoms with Crippen LogP contribution in [0.3, 0.4) is 0 Å². The molecule has 0 aliphatic heterocycles. The van der Waals surface area contributed by atoms with Gasteiger partial charge in [-0.2, -0.15) is 5.10 Å². The lowest BCUT2D eigenvalue weighted by Crippen LogP contribution is -2.11. The SMILES string of the molecule is O=[N+]([O-])c1ccccc1C=Nn1c(-c2cc3ccccc3o2)csc1=Nc1ccc(F)cc1. The molecule has 0 fully saturated rings. The van der Waals surface area contributed by atoms with E-state index < -0.39 is 4.92 Å². The number of nitro benzene ring substituents is 1. The summed E-state index contributed by atoms with van der Waals surface area (Å²) >= 11 is 1.32. The van der Waals surface area contributed by atoms with Crippen molar-refractivity contribution >= 4 is 39.9 Å². The van der Waals surface area contributed by atoms with Gasteiger partial charge >= 0.3 is 0 Å². The number of nitro groups is 1. The number of hydrogen-bond acceptors (Lipinski definition) is 6. The Morgan fingerprint density at radius 3 is 2.58 bits per heavy atom. The van der Waals surface area contributed by atoms with Crippen molar-refractivity contribution < 1.29 is 13.7 Å². The molecule has 2 aromatic heterocycles. The molecule has 0 saturated carbocycles. The van der Waals surface area contributed by atoms with Crippen molar-refractivity contribution in [1.29, 1.82) is 0 Å². The molecule has 0 unspecified atom stereocenters. The minimum Gasteiger partial charge on any atom is -0.454 e. The molecule has 0 aliphatic carbocycles. The van der Waals surface area contributed by atoms with Gasteiger partial charge < -0.3 is 4.42 Å². The molecule has 3 aromatic carbocycles. The Hall–Kier alpha value is -4.37. The first-order valence-corrected chi connectivity index (χ1v) is 10.7. The molecule has 162 valence electrons. The molecule has 2 heterocycles. The summed E-state index contributed by atoms with van der Waals surface area (Å²) in [6, 6.07) is 21.6. The third-order valence-electron chi connectivity index (χ3n) is 4.86. The minimum absolute atomic E-state index is 0.0561. The smallest absolute Gasteiger partial charge is 0.278 e. The van der Waals surface area contributed by atoms with E-state index in [0.29, 0.717) is 27.5 Å². The van der Waals surface area contributed by atoms with Crippen LogP contribution < -0.4 is 4.80 Å². The second kappa shape index (κ2) is 8.64. The van der Waals surface area contributed by atoms with Gasteiger partial charge in [0.2, 0.25) is 4.80 Å². The fourth-order valence-electron chi connectivity index (χ4n) is 3.28. The molecule has 0 atom stereocenters. The van der Waals surface area contributed by atoms with E-state index in [1.54, 1.807) is 35.0 Å². The van der Waals surface area contributed by atoms with Crippen LogP contribution in [0.5, 0.6) is 0 Å². The van der Waals surface area contributed by atoms with Crippen LogP contribution in [0.4, 0.5) is 15.8 Å². The molecule has 0 bridgehead atoms. The predicted octanol–water partition coefficient (Wildman–Crippen LogP) is 6.12. The first-order valence-electron chi connectivity index (χ1n) is 9.86. The summed E-state index contributed by atoms with van der Waals surface area (Å²) in [7, 11) is 0. The van der Waals surface area contributed by atoms with Crippen molar-refractivity contribution in [1.82, 2.24) is 4.68 Å². The number of rotatable bonds is 5. The number of benzene rings is 3. The zero-order valence-electron chi connectivity index (χ0n) is 17.0. The van der Waals surface area contributed by atoms with Gasteiger partial charge in [0.15, 0.2) is 5.76 Å². The van der Waals surface area contributed by atoms with Crippen molar-refractivity contribution in [2.45, 2.75) is 0 Å². The second-order valence-corrected chi connectivity index (χ2v) is 7.85. The number of aromatic nitrogens is 1. The summed E-state index contributed by atoms with van der Waals surface area (Å²) < 4.78 is 20.9. The number of halogens is 1. The Bertz CT molecular complexity index is 1530. The van der Waals surface area contributed by atoms with Gasteiger partial charge in [-0.15, -0.1) is 11.3 Å². The van der Waals surface area contributed by atoms with E-state index in [0.717, 1.165) is 11.0 Å². The van der Waals surface area contributed by atoms with Gasteiger partial charge in [-0.3, -0.25) is 10.1 Å². The number of fused-ring (bicyclic) bond motifs is 1. The number of furan rings is 1. The highest BCUT2D eigenvalue weighted by atomic mass is 32.1. The standard InChI is InChI=1S/C24H15FN4O3S/c25-18-9-11-19(12-10-18)27-24-28(26-14-17-6-1-3-7-20(17)29(30)31)21(15-33-24)23-13-16-5-2-4-8-22(16)32-23/h1-15H. The predicted molar refractivity (Wildman–Crippen MR) is 125 cm³/mol. The Balaban J connectivity index is 1.67. The van der Waals surface area contributed by atoms with Crippen molar-refractivity contribution in [2.75, 3.05) is 0 Å². The largest absolute Gasteiger partial charge is 0.454 e. The Morgan fingerprint density at radius 1 is 1.03 bits per heavy atom. The van der Waals surface area contributed by atoms with E-state index in [1.807, 2.05) is 35.7 Å². The first-order chi connectivity index (χ1) is 16.1. The van der Waals surface area contributed by atoms with E-state index in [-0.39, 0.29) is 11.5 Å². The van der Waals surface area contributed by atoms with E-state index in [9.17, 15) is 14.5 Å². The molecule has 0 N–H and O–H groups in total. The Morgan fingerprint density at radius 2 is 1.79 bits per heavy atom. The normalized spacial score (nSPS) is 12.1. The summed E-state index contributed by atoms with van der Waals surface area (Å²) in [5.41, 5.74) is 2.20. The molecule has 0 spiro atoms. The van der Waals surface area contributed by atoms with Crippen LogP contribution in [-0.4, -0.2) is 15.8 Å². The summed E-state index contributed by atoms with van der Waals surface area (Å²) in [4.78, 5) is 16.0. The number of thiazole rings is 1. The van der Waals surface area contributed by atoms with Gasteiger partial charge in [-0.25, -0.2) is 14.1 Å². The Kier molecular flexibility index (Phi) is 5.37. The summed E-state index contributed by atoms with van der Waals surface area (Å²) in [5, 5.41) is 18.7. The topological polar surface area (TPSA) is 85.9 Å². The fourth-order valence-corrected chi connectivity index (χ4v) is 4.11. The zero-order valence-corrected chi connectivity index (χ0v) is 17.8. The van der Waals surface area contributed by atoms with Gasteiger partial charge in [-0.1, -0.05) is 30.3 Å². The molecule has 0 radical (unpaired) electrons. The number of para-hydroxylation sites is 2. The lowest BCUT2D eigenvalue weighted by atomic mass is 10.2. The lowest BCUT2D eigenvalue weighted by molar-refractivity contribution is -0.385. The lowest BCUT2D eigenvalue weighted by Gasteiger charge is -2.01. The van der Waals surface area contributed by atoms with Crippen LogP contribution in [0.25, 0.3) is 22.4 Å². The Labute approximate surface area is 190 Å². The van der Waals surface area contributed by atoms with E-state index >= 15 is 0 Å². The molecule has 5 aromatic rings. The summed E-state index contributed by atoms with van der Waals surface area (Å²) in [6.07, 6.45) is 1.42. The van der Waals surface area contributed by atoms with Gasteiger partial charge in [0, 0.05) is 16.8 Å². The van der Waals surface area contributed by atoms with Crippen molar-refractivity contribution in [3.8, 4) is 11.5 Å². The zero-order chi connectivity index (χ0) is 22.8. The first kappa shape index (κ1) is 20.5. The number of hydrogen-bond donors (Lipinski definition) is 0. The minimum atomic E-state index is -0.455. The highest BCUT2D eigenvalue weighted by Gasteiger charge is 2.14. The van der Waals surface area contributed by atoms with Crippen LogP contribution in [0.1, 0.15) is 5.56 Å². The van der Waals surface area contributed by atoms with Crippen LogP contribution in [0.15, 0.2) is 98.8 Å². The maximum Gasteiger partial charge on any atom is 0.278 e. The third kappa shape index (κ3) is 4.21. The fraction of sp³-hybridized carbons (Fsp3) is 0. The molecule has 33 heavy (non-hydrogen) atoms. The van der Waals surface area contributed by atoms with Crippen LogP contribution in [0.2, 0.25) is 0 Å². The average molecular weight is 458 g/mol. The average Bonchev–Trinajstić information content (AvgIpc) is 3.43. The van der Waals surface area contributed by atoms with Crippen LogP contribution in [-0.2, 0) is 0 Å². The third-order valence-corrected chi connectivity index (χ3v) is 5.68. The quantitative estimate of drug-likeness (QED) is 0.180. The van der Waals surface area contributed by atoms with Crippen molar-refractivity contribution in [2.24, 2.45) is 10.1 Å². The molecule has 9 heteroatoms. The summed E-state index contributed by atoms with van der Waals surface area (Å²) in [5.74, 6) is 0.220. The molecule has 0 saturated heterocycles.